The third-order valence-electron chi connectivity index (χ3n) is 5.79. The van der Waals surface area contributed by atoms with Gasteiger partial charge < -0.3 is 15.2 Å². The summed E-state index contributed by atoms with van der Waals surface area (Å²) >= 11 is 0. The maximum absolute atomic E-state index is 12.8. The summed E-state index contributed by atoms with van der Waals surface area (Å²) in [5.41, 5.74) is 2.75. The monoisotopic (exact) mass is 463 g/mol. The molecule has 1 aliphatic rings. The Kier molecular flexibility index (Phi) is 11.1. The molecule has 2 aromatic carbocycles. The fourth-order valence-corrected chi connectivity index (χ4v) is 3.98. The average Bonchev–Trinajstić information content (AvgIpc) is 3.04. The van der Waals surface area contributed by atoms with Crippen molar-refractivity contribution in [3.8, 4) is 0 Å². The topological polar surface area (TPSA) is 66.4 Å². The molecule has 0 aromatic heterocycles. The van der Waals surface area contributed by atoms with E-state index in [1.54, 1.807) is 6.08 Å². The highest BCUT2D eigenvalue weighted by Crippen LogP contribution is 2.29. The van der Waals surface area contributed by atoms with Crippen molar-refractivity contribution in [3.05, 3.63) is 95.4 Å². The number of benzene rings is 2. The first-order valence-corrected chi connectivity index (χ1v) is 11.6. The number of rotatable bonds is 7. The van der Waals surface area contributed by atoms with Crippen LogP contribution in [0.25, 0.3) is 10.8 Å². The minimum atomic E-state index is -0.858. The molecule has 0 amide bonds. The van der Waals surface area contributed by atoms with Crippen LogP contribution >= 0.6 is 0 Å². The molecule has 2 atom stereocenters. The number of halogens is 1. The fraction of sp³-hybridized carbons (Fsp3) is 0.310. The molecule has 4 nitrogen and oxygen atoms in total. The molecule has 2 aromatic rings. The lowest BCUT2D eigenvalue weighted by atomic mass is 9.90. The SMILES string of the molecule is CC=O.C\C(F)=C/C=C\C=C(/C)C1CCC(NCc2ccc3ccccc3c2)C=C(C(=O)O)C1. The molecule has 180 valence electrons. The molecule has 5 heteroatoms. The van der Waals surface area contributed by atoms with Crippen molar-refractivity contribution in [3.63, 3.8) is 0 Å². The van der Waals surface area contributed by atoms with E-state index in [0.717, 1.165) is 24.7 Å². The first-order valence-electron chi connectivity index (χ1n) is 11.6. The zero-order chi connectivity index (χ0) is 24.9. The lowest BCUT2D eigenvalue weighted by Gasteiger charge is -2.17. The van der Waals surface area contributed by atoms with Gasteiger partial charge in [-0.15, -0.1) is 0 Å². The first kappa shape index (κ1) is 26.9. The number of carbonyl (C=O) groups is 2. The summed E-state index contributed by atoms with van der Waals surface area (Å²) in [6.07, 6.45) is 11.7. The number of hydrogen-bond donors (Lipinski definition) is 2. The molecule has 2 N–H and O–H groups in total. The van der Waals surface area contributed by atoms with Crippen LogP contribution in [0.1, 0.15) is 45.6 Å². The van der Waals surface area contributed by atoms with E-state index in [4.69, 9.17) is 4.79 Å². The van der Waals surface area contributed by atoms with E-state index in [1.165, 1.54) is 36.3 Å². The molecule has 0 fully saturated rings. The highest BCUT2D eigenvalue weighted by Gasteiger charge is 2.23. The summed E-state index contributed by atoms with van der Waals surface area (Å²) in [5.74, 6) is -0.938. The minimum absolute atomic E-state index is 0.0167. The number of aldehydes is 1. The normalized spacial score (nSPS) is 19.2. The van der Waals surface area contributed by atoms with Crippen molar-refractivity contribution >= 4 is 23.0 Å². The molecule has 34 heavy (non-hydrogen) atoms. The Labute approximate surface area is 201 Å². The molecule has 2 unspecified atom stereocenters. The van der Waals surface area contributed by atoms with Crippen LogP contribution in [0, 0.1) is 5.92 Å². The number of fused-ring (bicyclic) bond motifs is 1. The number of aliphatic carboxylic acids is 1. The minimum Gasteiger partial charge on any atom is -0.478 e. The smallest absolute Gasteiger partial charge is 0.331 e. The van der Waals surface area contributed by atoms with E-state index in [1.807, 2.05) is 37.3 Å². The van der Waals surface area contributed by atoms with E-state index < -0.39 is 5.97 Å². The van der Waals surface area contributed by atoms with Gasteiger partial charge in [-0.25, -0.2) is 9.18 Å². The second kappa shape index (κ2) is 14.1. The lowest BCUT2D eigenvalue weighted by Crippen LogP contribution is -2.27. The summed E-state index contributed by atoms with van der Waals surface area (Å²) in [7, 11) is 0. The highest BCUT2D eigenvalue weighted by atomic mass is 19.1. The second-order valence-corrected chi connectivity index (χ2v) is 8.43. The number of carboxylic acids is 1. The molecule has 0 heterocycles. The largest absolute Gasteiger partial charge is 0.478 e. The molecule has 0 aliphatic heterocycles. The fourth-order valence-electron chi connectivity index (χ4n) is 3.98. The molecule has 1 aliphatic carbocycles. The van der Waals surface area contributed by atoms with E-state index in [0.29, 0.717) is 18.5 Å². The van der Waals surface area contributed by atoms with E-state index >= 15 is 0 Å². The predicted molar refractivity (Wildman–Crippen MR) is 137 cm³/mol. The molecule has 0 saturated heterocycles. The standard InChI is InChI=1S/C27H30FNO2.C2H4O/c1-19(7-3-4-8-20(2)28)23-13-14-26(17-25(16-23)27(30)31)29-18-21-11-12-22-9-5-6-10-24(22)15-21;1-2-3/h3-12,15,17,23,26,29H,13-14,16,18H2,1-2H3,(H,30,31);2H,1H3/b4-3-,19-7+,20-8+;. The third-order valence-corrected chi connectivity index (χ3v) is 5.79. The van der Waals surface area contributed by atoms with Crippen molar-refractivity contribution in [1.82, 2.24) is 5.32 Å². The summed E-state index contributed by atoms with van der Waals surface area (Å²) in [6, 6.07) is 14.7. The number of carboxylic acid groups (broad SMARTS) is 1. The van der Waals surface area contributed by atoms with Crippen molar-refractivity contribution in [2.24, 2.45) is 5.92 Å². The van der Waals surface area contributed by atoms with Gasteiger partial charge in [-0.05, 0) is 74.4 Å². The van der Waals surface area contributed by atoms with Gasteiger partial charge in [0.2, 0.25) is 0 Å². The van der Waals surface area contributed by atoms with E-state index in [9.17, 15) is 14.3 Å². The van der Waals surface area contributed by atoms with Crippen LogP contribution in [0.5, 0.6) is 0 Å². The van der Waals surface area contributed by atoms with Crippen LogP contribution in [-0.2, 0) is 16.1 Å². The Bertz CT molecular complexity index is 1090. The predicted octanol–water partition coefficient (Wildman–Crippen LogP) is 6.69. The van der Waals surface area contributed by atoms with Crippen molar-refractivity contribution in [1.29, 1.82) is 0 Å². The van der Waals surface area contributed by atoms with Crippen molar-refractivity contribution in [2.75, 3.05) is 0 Å². The average molecular weight is 464 g/mol. The molecular formula is C29H34FNO3. The van der Waals surface area contributed by atoms with Gasteiger partial charge in [0, 0.05) is 18.2 Å². The van der Waals surface area contributed by atoms with Gasteiger partial charge in [-0.2, -0.15) is 0 Å². The van der Waals surface area contributed by atoms with Gasteiger partial charge in [0.25, 0.3) is 0 Å². The van der Waals surface area contributed by atoms with Crippen molar-refractivity contribution in [2.45, 2.75) is 52.6 Å². The molecule has 0 spiro atoms. The van der Waals surface area contributed by atoms with Gasteiger partial charge in [0.15, 0.2) is 0 Å². The highest BCUT2D eigenvalue weighted by molar-refractivity contribution is 5.87. The molecular weight excluding hydrogens is 429 g/mol. The summed E-state index contributed by atoms with van der Waals surface area (Å²) < 4.78 is 12.8. The summed E-state index contributed by atoms with van der Waals surface area (Å²) in [5, 5.41) is 15.6. The Morgan fingerprint density at radius 1 is 1.09 bits per heavy atom. The number of nitrogens with one attached hydrogen (secondary N) is 1. The zero-order valence-corrected chi connectivity index (χ0v) is 20.1. The Morgan fingerprint density at radius 3 is 2.44 bits per heavy atom. The maximum atomic E-state index is 12.8. The van der Waals surface area contributed by atoms with Crippen LogP contribution < -0.4 is 5.32 Å². The van der Waals surface area contributed by atoms with Crippen LogP contribution in [0.2, 0.25) is 0 Å². The van der Waals surface area contributed by atoms with Crippen LogP contribution in [0.4, 0.5) is 4.39 Å². The molecule has 3 rings (SSSR count). The Morgan fingerprint density at radius 2 is 1.76 bits per heavy atom. The van der Waals surface area contributed by atoms with E-state index in [-0.39, 0.29) is 17.8 Å². The molecule has 0 bridgehead atoms. The van der Waals surface area contributed by atoms with Gasteiger partial charge in [-0.1, -0.05) is 66.3 Å². The first-order chi connectivity index (χ1) is 16.3. The van der Waals surface area contributed by atoms with Crippen LogP contribution in [0.3, 0.4) is 0 Å². The quantitative estimate of drug-likeness (QED) is 0.355. The van der Waals surface area contributed by atoms with E-state index in [2.05, 4.69) is 35.6 Å². The zero-order valence-electron chi connectivity index (χ0n) is 20.1. The number of allylic oxidation sites excluding steroid dienone is 6. The Balaban J connectivity index is 0.00000129. The molecule has 0 radical (unpaired) electrons. The van der Waals surface area contributed by atoms with Crippen molar-refractivity contribution < 1.29 is 19.1 Å². The lowest BCUT2D eigenvalue weighted by molar-refractivity contribution is -0.132. The van der Waals surface area contributed by atoms with Gasteiger partial charge in [-0.3, -0.25) is 0 Å². The second-order valence-electron chi connectivity index (χ2n) is 8.43. The molecule has 0 saturated carbocycles. The third kappa shape index (κ3) is 8.91. The maximum Gasteiger partial charge on any atom is 0.331 e. The summed E-state index contributed by atoms with van der Waals surface area (Å²) in [4.78, 5) is 20.6. The van der Waals surface area contributed by atoms with Crippen LogP contribution in [0.15, 0.2) is 89.8 Å². The van der Waals surface area contributed by atoms with Crippen LogP contribution in [-0.4, -0.2) is 23.4 Å². The summed E-state index contributed by atoms with van der Waals surface area (Å²) in [6.45, 7) is 5.56. The van der Waals surface area contributed by atoms with Gasteiger partial charge in [0.1, 0.15) is 6.29 Å². The van der Waals surface area contributed by atoms with Gasteiger partial charge in [0.05, 0.1) is 5.83 Å². The number of carbonyl (C=O) groups excluding carboxylic acids is 1. The van der Waals surface area contributed by atoms with Gasteiger partial charge >= 0.3 is 5.97 Å². The Hall–Kier alpha value is -3.31. The number of hydrogen-bond acceptors (Lipinski definition) is 3.